The van der Waals surface area contributed by atoms with Gasteiger partial charge in [-0.05, 0) is 51.0 Å². The molecule has 182 valence electrons. The third-order valence-corrected chi connectivity index (χ3v) is 6.18. The number of carbonyl (C=O) groups is 1. The van der Waals surface area contributed by atoms with Crippen LogP contribution in [0.3, 0.4) is 0 Å². The molecule has 1 aliphatic heterocycles. The van der Waals surface area contributed by atoms with Crippen molar-refractivity contribution in [1.29, 1.82) is 15.8 Å². The first kappa shape index (κ1) is 25.5. The minimum atomic E-state index is -1.82. The highest BCUT2D eigenvalue weighted by Gasteiger charge is 2.55. The van der Waals surface area contributed by atoms with Crippen LogP contribution in [0.15, 0.2) is 41.1 Å². The number of fused-ring (bicyclic) bond motifs is 1. The number of hydrogen-bond acceptors (Lipinski definition) is 8. The van der Waals surface area contributed by atoms with E-state index >= 15 is 0 Å². The SMILES string of the molecule is CCOC(=O)N1CC=C2C(C#N)=C(N)C(C#N)(C#N)[C@H](c3ccc(OC(C)C)c(OCC)c3)[C@H]2C1. The van der Waals surface area contributed by atoms with E-state index in [0.717, 1.165) is 0 Å². The van der Waals surface area contributed by atoms with Crippen LogP contribution in [0.2, 0.25) is 0 Å². The quantitative estimate of drug-likeness (QED) is 0.654. The van der Waals surface area contributed by atoms with E-state index in [2.05, 4.69) is 18.2 Å². The molecule has 0 radical (unpaired) electrons. The summed E-state index contributed by atoms with van der Waals surface area (Å²) in [5.74, 6) is -0.304. The first-order chi connectivity index (χ1) is 16.8. The summed E-state index contributed by atoms with van der Waals surface area (Å²) in [7, 11) is 0. The van der Waals surface area contributed by atoms with Crippen LogP contribution in [0, 0.1) is 45.3 Å². The first-order valence-electron chi connectivity index (χ1n) is 11.6. The highest BCUT2D eigenvalue weighted by atomic mass is 16.6. The van der Waals surface area contributed by atoms with E-state index in [1.165, 1.54) is 4.90 Å². The molecule has 1 heterocycles. The van der Waals surface area contributed by atoms with Crippen LogP contribution >= 0.6 is 0 Å². The highest BCUT2D eigenvalue weighted by Crippen LogP contribution is 2.55. The standard InChI is InChI=1S/C26H29N5O4/c1-5-33-22-11-17(7-8-21(22)35-16(3)4)23-20-13-31(25(32)34-6-2)10-9-18(20)19(12-27)24(30)26(23,14-28)15-29/h7-9,11,16,20,23H,5-6,10,13,30H2,1-4H3/t20-,23+/m0/s1. The van der Waals surface area contributed by atoms with Crippen LogP contribution < -0.4 is 15.2 Å². The molecule has 0 unspecified atom stereocenters. The Morgan fingerprint density at radius 1 is 1.20 bits per heavy atom. The molecule has 9 nitrogen and oxygen atoms in total. The molecule has 0 saturated carbocycles. The Kier molecular flexibility index (Phi) is 7.57. The third kappa shape index (κ3) is 4.48. The van der Waals surface area contributed by atoms with Gasteiger partial charge in [0.05, 0.1) is 42.7 Å². The van der Waals surface area contributed by atoms with Crippen molar-refractivity contribution in [3.05, 3.63) is 46.7 Å². The molecule has 0 saturated heterocycles. The molecule has 2 N–H and O–H groups in total. The number of ether oxygens (including phenoxy) is 3. The molecule has 0 fully saturated rings. The Morgan fingerprint density at radius 3 is 2.49 bits per heavy atom. The second kappa shape index (κ2) is 10.4. The van der Waals surface area contributed by atoms with Gasteiger partial charge >= 0.3 is 6.09 Å². The summed E-state index contributed by atoms with van der Waals surface area (Å²) in [6.45, 7) is 8.36. The molecule has 0 bridgehead atoms. The summed E-state index contributed by atoms with van der Waals surface area (Å²) in [6.07, 6.45) is 1.16. The van der Waals surface area contributed by atoms with Crippen LogP contribution in [0.25, 0.3) is 0 Å². The van der Waals surface area contributed by atoms with E-state index in [-0.39, 0.29) is 37.1 Å². The van der Waals surface area contributed by atoms with Crippen LogP contribution in [0.5, 0.6) is 11.5 Å². The highest BCUT2D eigenvalue weighted by molar-refractivity contribution is 5.69. The fraction of sp³-hybridized carbons (Fsp3) is 0.462. The van der Waals surface area contributed by atoms with Gasteiger partial charge in [0.1, 0.15) is 6.07 Å². The van der Waals surface area contributed by atoms with E-state index in [9.17, 15) is 20.6 Å². The zero-order valence-electron chi connectivity index (χ0n) is 20.4. The first-order valence-corrected chi connectivity index (χ1v) is 11.6. The maximum absolute atomic E-state index is 12.5. The number of rotatable bonds is 6. The lowest BCUT2D eigenvalue weighted by Crippen LogP contribution is -2.49. The number of allylic oxidation sites excluding steroid dienone is 2. The molecular weight excluding hydrogens is 446 g/mol. The summed E-state index contributed by atoms with van der Waals surface area (Å²) in [6, 6.07) is 11.6. The zero-order chi connectivity index (χ0) is 25.8. The Labute approximate surface area is 205 Å². The van der Waals surface area contributed by atoms with Crippen molar-refractivity contribution in [2.24, 2.45) is 17.1 Å². The second-order valence-electron chi connectivity index (χ2n) is 8.59. The van der Waals surface area contributed by atoms with Crippen LogP contribution in [-0.4, -0.2) is 43.4 Å². The topological polar surface area (TPSA) is 145 Å². The van der Waals surface area contributed by atoms with Gasteiger partial charge in [0, 0.05) is 24.9 Å². The average Bonchev–Trinajstić information content (AvgIpc) is 2.84. The third-order valence-electron chi connectivity index (χ3n) is 6.18. The number of nitrogens with two attached hydrogens (primary N) is 1. The van der Waals surface area contributed by atoms with E-state index < -0.39 is 23.3 Å². The van der Waals surface area contributed by atoms with Crippen molar-refractivity contribution in [2.75, 3.05) is 26.3 Å². The summed E-state index contributed by atoms with van der Waals surface area (Å²) in [4.78, 5) is 14.0. The monoisotopic (exact) mass is 475 g/mol. The Morgan fingerprint density at radius 2 is 1.91 bits per heavy atom. The van der Waals surface area contributed by atoms with E-state index in [1.807, 2.05) is 20.8 Å². The molecule has 1 amide bonds. The average molecular weight is 476 g/mol. The molecule has 2 aliphatic rings. The summed E-state index contributed by atoms with van der Waals surface area (Å²) in [5, 5.41) is 30.4. The van der Waals surface area contributed by atoms with Gasteiger partial charge in [-0.25, -0.2) is 4.79 Å². The molecule has 3 rings (SSSR count). The second-order valence-corrected chi connectivity index (χ2v) is 8.59. The normalized spacial score (nSPS) is 20.6. The summed E-state index contributed by atoms with van der Waals surface area (Å²) < 4.78 is 16.9. The van der Waals surface area contributed by atoms with Crippen molar-refractivity contribution in [3.8, 4) is 29.7 Å². The zero-order valence-corrected chi connectivity index (χ0v) is 20.4. The van der Waals surface area contributed by atoms with E-state index in [0.29, 0.717) is 29.2 Å². The van der Waals surface area contributed by atoms with Crippen molar-refractivity contribution in [2.45, 2.75) is 39.7 Å². The van der Waals surface area contributed by atoms with Crippen molar-refractivity contribution >= 4 is 6.09 Å². The number of carbonyl (C=O) groups excluding carboxylic acids is 1. The predicted molar refractivity (Wildman–Crippen MR) is 127 cm³/mol. The Hall–Kier alpha value is -4.16. The van der Waals surface area contributed by atoms with E-state index in [4.69, 9.17) is 19.9 Å². The van der Waals surface area contributed by atoms with Gasteiger partial charge in [0.2, 0.25) is 0 Å². The van der Waals surface area contributed by atoms with Gasteiger partial charge < -0.3 is 24.8 Å². The molecule has 9 heteroatoms. The fourth-order valence-electron chi connectivity index (χ4n) is 4.76. The maximum atomic E-state index is 12.5. The van der Waals surface area contributed by atoms with Crippen molar-refractivity contribution in [3.63, 3.8) is 0 Å². The lowest BCUT2D eigenvalue weighted by atomic mass is 9.58. The lowest BCUT2D eigenvalue weighted by Gasteiger charge is -2.45. The lowest BCUT2D eigenvalue weighted by molar-refractivity contribution is 0.0999. The Bertz CT molecular complexity index is 1170. The molecule has 0 aromatic heterocycles. The number of nitriles is 3. The van der Waals surface area contributed by atoms with Gasteiger partial charge in [0.15, 0.2) is 16.9 Å². The summed E-state index contributed by atoms with van der Waals surface area (Å²) >= 11 is 0. The number of hydrogen-bond donors (Lipinski definition) is 1. The molecule has 1 aliphatic carbocycles. The molecule has 1 aromatic carbocycles. The number of nitrogens with zero attached hydrogens (tertiary/aromatic N) is 4. The molecule has 0 spiro atoms. The van der Waals surface area contributed by atoms with Crippen molar-refractivity contribution in [1.82, 2.24) is 4.90 Å². The molecule has 1 aromatic rings. The van der Waals surface area contributed by atoms with Gasteiger partial charge in [-0.1, -0.05) is 12.1 Å². The van der Waals surface area contributed by atoms with Crippen LogP contribution in [0.4, 0.5) is 4.79 Å². The predicted octanol–water partition coefficient (Wildman–Crippen LogP) is 3.75. The molecule has 35 heavy (non-hydrogen) atoms. The fourth-order valence-corrected chi connectivity index (χ4v) is 4.76. The van der Waals surface area contributed by atoms with Gasteiger partial charge in [0.25, 0.3) is 0 Å². The van der Waals surface area contributed by atoms with E-state index in [1.54, 1.807) is 31.2 Å². The maximum Gasteiger partial charge on any atom is 0.410 e. The molecule has 2 atom stereocenters. The number of amides is 1. The van der Waals surface area contributed by atoms with Crippen molar-refractivity contribution < 1.29 is 19.0 Å². The number of benzene rings is 1. The molecular formula is C26H29N5O4. The largest absolute Gasteiger partial charge is 0.490 e. The van der Waals surface area contributed by atoms with Gasteiger partial charge in [-0.3, -0.25) is 0 Å². The Balaban J connectivity index is 2.24. The van der Waals surface area contributed by atoms with Gasteiger partial charge in [-0.2, -0.15) is 15.8 Å². The van der Waals surface area contributed by atoms with Crippen LogP contribution in [0.1, 0.15) is 39.2 Å². The van der Waals surface area contributed by atoms with Crippen LogP contribution in [-0.2, 0) is 4.74 Å². The summed E-state index contributed by atoms with van der Waals surface area (Å²) in [5.41, 5.74) is 5.82. The smallest absolute Gasteiger partial charge is 0.410 e. The minimum absolute atomic E-state index is 0.0810. The van der Waals surface area contributed by atoms with Gasteiger partial charge in [-0.15, -0.1) is 0 Å². The minimum Gasteiger partial charge on any atom is -0.490 e.